The van der Waals surface area contributed by atoms with Crippen molar-refractivity contribution in [1.82, 2.24) is 5.32 Å². The molecule has 1 atom stereocenters. The molecule has 0 spiro atoms. The van der Waals surface area contributed by atoms with Crippen LogP contribution in [0.2, 0.25) is 0 Å². The van der Waals surface area contributed by atoms with E-state index < -0.39 is 5.82 Å². The smallest absolute Gasteiger partial charge is 0.258 e. The van der Waals surface area contributed by atoms with E-state index in [1.165, 1.54) is 30.3 Å². The molecule has 1 N–H and O–H groups in total. The van der Waals surface area contributed by atoms with Crippen LogP contribution in [0.3, 0.4) is 0 Å². The number of nitrogens with one attached hydrogen (secondary N) is 1. The van der Waals surface area contributed by atoms with E-state index in [4.69, 9.17) is 9.47 Å². The number of hydrogen-bond acceptors (Lipinski definition) is 3. The van der Waals surface area contributed by atoms with Gasteiger partial charge in [0, 0.05) is 6.07 Å². The quantitative estimate of drug-likeness (QED) is 0.611. The molecular formula is C23H21F2NO3. The Balaban J connectivity index is 1.70. The first-order chi connectivity index (χ1) is 14.0. The number of rotatable bonds is 8. The first kappa shape index (κ1) is 20.3. The van der Waals surface area contributed by atoms with Gasteiger partial charge in [0.05, 0.1) is 13.2 Å². The minimum atomic E-state index is -0.435. The highest BCUT2D eigenvalue weighted by atomic mass is 19.1. The van der Waals surface area contributed by atoms with E-state index in [2.05, 4.69) is 5.32 Å². The molecular weight excluding hydrogens is 376 g/mol. The zero-order valence-electron chi connectivity index (χ0n) is 15.9. The Morgan fingerprint density at radius 2 is 1.66 bits per heavy atom. The third kappa shape index (κ3) is 6.04. The van der Waals surface area contributed by atoms with E-state index in [0.29, 0.717) is 12.2 Å². The van der Waals surface area contributed by atoms with Gasteiger partial charge in [0.15, 0.2) is 6.61 Å². The molecule has 3 aromatic rings. The number of benzene rings is 3. The monoisotopic (exact) mass is 397 g/mol. The molecule has 0 aliphatic carbocycles. The SMILES string of the molecule is COc1ccc(C(Cc2ccc(F)cc2)NC(=O)COc2cccc(F)c2)cc1. The lowest BCUT2D eigenvalue weighted by Crippen LogP contribution is -2.33. The van der Waals surface area contributed by atoms with E-state index >= 15 is 0 Å². The number of halogens is 2. The summed E-state index contributed by atoms with van der Waals surface area (Å²) in [4.78, 5) is 12.4. The average molecular weight is 397 g/mol. The molecule has 0 aliphatic heterocycles. The topological polar surface area (TPSA) is 47.6 Å². The maximum atomic E-state index is 13.2. The third-order valence-corrected chi connectivity index (χ3v) is 4.37. The van der Waals surface area contributed by atoms with Crippen molar-refractivity contribution in [1.29, 1.82) is 0 Å². The molecule has 6 heteroatoms. The van der Waals surface area contributed by atoms with Gasteiger partial charge in [-0.15, -0.1) is 0 Å². The molecule has 29 heavy (non-hydrogen) atoms. The van der Waals surface area contributed by atoms with Gasteiger partial charge in [-0.3, -0.25) is 4.79 Å². The Morgan fingerprint density at radius 3 is 2.31 bits per heavy atom. The molecule has 1 amide bonds. The number of amides is 1. The molecule has 0 aromatic heterocycles. The van der Waals surface area contributed by atoms with Crippen molar-refractivity contribution in [2.24, 2.45) is 0 Å². The number of methoxy groups -OCH3 is 1. The van der Waals surface area contributed by atoms with Crippen molar-refractivity contribution < 1.29 is 23.0 Å². The molecule has 4 nitrogen and oxygen atoms in total. The fraction of sp³-hybridized carbons (Fsp3) is 0.174. The van der Waals surface area contributed by atoms with Gasteiger partial charge in [-0.1, -0.05) is 30.3 Å². The Morgan fingerprint density at radius 1 is 0.931 bits per heavy atom. The minimum Gasteiger partial charge on any atom is -0.497 e. The summed E-state index contributed by atoms with van der Waals surface area (Å²) in [6.45, 7) is -0.250. The molecule has 0 saturated heterocycles. The number of carbonyl (C=O) groups excluding carboxylic acids is 1. The lowest BCUT2D eigenvalue weighted by molar-refractivity contribution is -0.123. The van der Waals surface area contributed by atoms with Gasteiger partial charge in [0.2, 0.25) is 0 Å². The fourth-order valence-electron chi connectivity index (χ4n) is 2.89. The Labute approximate surface area is 168 Å². The molecule has 0 fully saturated rings. The van der Waals surface area contributed by atoms with Crippen molar-refractivity contribution in [2.45, 2.75) is 12.5 Å². The highest BCUT2D eigenvalue weighted by molar-refractivity contribution is 5.78. The van der Waals surface area contributed by atoms with Gasteiger partial charge in [0.25, 0.3) is 5.91 Å². The molecule has 1 unspecified atom stereocenters. The van der Waals surface area contributed by atoms with E-state index in [1.807, 2.05) is 24.3 Å². The van der Waals surface area contributed by atoms with E-state index in [9.17, 15) is 13.6 Å². The van der Waals surface area contributed by atoms with Gasteiger partial charge in [-0.05, 0) is 53.9 Å². The van der Waals surface area contributed by atoms with Crippen LogP contribution in [0.5, 0.6) is 11.5 Å². The summed E-state index contributed by atoms with van der Waals surface area (Å²) in [5.74, 6) is -0.121. The van der Waals surface area contributed by atoms with Crippen molar-refractivity contribution >= 4 is 5.91 Å². The summed E-state index contributed by atoms with van der Waals surface area (Å²) in [6, 6.07) is 18.7. The zero-order valence-corrected chi connectivity index (χ0v) is 15.9. The number of carbonyl (C=O) groups is 1. The predicted molar refractivity (Wildman–Crippen MR) is 106 cm³/mol. The third-order valence-electron chi connectivity index (χ3n) is 4.37. The molecule has 0 radical (unpaired) electrons. The Kier molecular flexibility index (Phi) is 6.79. The minimum absolute atomic E-state index is 0.250. The van der Waals surface area contributed by atoms with Crippen LogP contribution in [0.4, 0.5) is 8.78 Å². The first-order valence-electron chi connectivity index (χ1n) is 9.09. The second-order valence-electron chi connectivity index (χ2n) is 6.47. The van der Waals surface area contributed by atoms with Crippen LogP contribution in [-0.4, -0.2) is 19.6 Å². The lowest BCUT2D eigenvalue weighted by Gasteiger charge is -2.20. The van der Waals surface area contributed by atoms with Crippen molar-refractivity contribution in [3.05, 3.63) is 95.6 Å². The van der Waals surface area contributed by atoms with Crippen LogP contribution in [0.1, 0.15) is 17.2 Å². The van der Waals surface area contributed by atoms with Gasteiger partial charge in [-0.25, -0.2) is 8.78 Å². The van der Waals surface area contributed by atoms with Crippen LogP contribution in [0, 0.1) is 11.6 Å². The van der Waals surface area contributed by atoms with Crippen molar-refractivity contribution in [3.8, 4) is 11.5 Å². The number of ether oxygens (including phenoxy) is 2. The highest BCUT2D eigenvalue weighted by Crippen LogP contribution is 2.22. The molecule has 0 aliphatic rings. The lowest BCUT2D eigenvalue weighted by atomic mass is 9.98. The van der Waals surface area contributed by atoms with E-state index in [0.717, 1.165) is 11.1 Å². The maximum Gasteiger partial charge on any atom is 0.258 e. The van der Waals surface area contributed by atoms with Crippen LogP contribution in [-0.2, 0) is 11.2 Å². The summed E-state index contributed by atoms with van der Waals surface area (Å²) in [5, 5.41) is 2.93. The Hall–Kier alpha value is -3.41. The average Bonchev–Trinajstić information content (AvgIpc) is 2.73. The van der Waals surface area contributed by atoms with Gasteiger partial charge in [-0.2, -0.15) is 0 Å². The second kappa shape index (κ2) is 9.68. The van der Waals surface area contributed by atoms with Crippen molar-refractivity contribution in [2.75, 3.05) is 13.7 Å². The van der Waals surface area contributed by atoms with Gasteiger partial charge < -0.3 is 14.8 Å². The largest absolute Gasteiger partial charge is 0.497 e. The summed E-state index contributed by atoms with van der Waals surface area (Å²) in [6.07, 6.45) is 0.471. The summed E-state index contributed by atoms with van der Waals surface area (Å²) in [7, 11) is 1.58. The van der Waals surface area contributed by atoms with Crippen molar-refractivity contribution in [3.63, 3.8) is 0 Å². The zero-order chi connectivity index (χ0) is 20.6. The maximum absolute atomic E-state index is 13.2. The fourth-order valence-corrected chi connectivity index (χ4v) is 2.89. The van der Waals surface area contributed by atoms with Crippen LogP contribution < -0.4 is 14.8 Å². The highest BCUT2D eigenvalue weighted by Gasteiger charge is 2.16. The molecule has 3 rings (SSSR count). The van der Waals surface area contributed by atoms with Crippen LogP contribution in [0.15, 0.2) is 72.8 Å². The normalized spacial score (nSPS) is 11.6. The van der Waals surface area contributed by atoms with E-state index in [-0.39, 0.29) is 30.1 Å². The first-order valence-corrected chi connectivity index (χ1v) is 9.09. The molecule has 0 saturated carbocycles. The molecule has 150 valence electrons. The van der Waals surface area contributed by atoms with E-state index in [1.54, 1.807) is 25.3 Å². The van der Waals surface area contributed by atoms with Gasteiger partial charge >= 0.3 is 0 Å². The summed E-state index contributed by atoms with van der Waals surface area (Å²) in [5.41, 5.74) is 1.74. The van der Waals surface area contributed by atoms with Gasteiger partial charge in [0.1, 0.15) is 23.1 Å². The summed E-state index contributed by atoms with van der Waals surface area (Å²) < 4.78 is 37.0. The molecule has 3 aromatic carbocycles. The number of hydrogen-bond donors (Lipinski definition) is 1. The molecule has 0 heterocycles. The second-order valence-corrected chi connectivity index (χ2v) is 6.47. The van der Waals surface area contributed by atoms with Crippen LogP contribution in [0.25, 0.3) is 0 Å². The standard InChI is InChI=1S/C23H21F2NO3/c1-28-20-11-7-17(8-12-20)22(13-16-5-9-18(24)10-6-16)26-23(27)15-29-21-4-2-3-19(25)14-21/h2-12,14,22H,13,15H2,1H3,(H,26,27). The Bertz CT molecular complexity index is 943. The molecule has 0 bridgehead atoms. The predicted octanol–water partition coefficient (Wildman–Crippen LogP) is 4.45. The van der Waals surface area contributed by atoms with Crippen LogP contribution >= 0.6 is 0 Å². The summed E-state index contributed by atoms with van der Waals surface area (Å²) >= 11 is 0.